The lowest BCUT2D eigenvalue weighted by molar-refractivity contribution is 0.408. The van der Waals surface area contributed by atoms with Gasteiger partial charge >= 0.3 is 0 Å². The SMILES string of the molecule is CC[C@@H](N[C@@H](C)c1[nH]cnc1C)c1ccc(Cl)c(Oc2ccccc2)c1F. The Morgan fingerprint density at radius 3 is 2.59 bits per heavy atom. The fourth-order valence-electron chi connectivity index (χ4n) is 3.14. The molecule has 0 saturated heterocycles. The summed E-state index contributed by atoms with van der Waals surface area (Å²) >= 11 is 6.21. The van der Waals surface area contributed by atoms with Crippen LogP contribution < -0.4 is 10.1 Å². The molecule has 0 aliphatic carbocycles. The monoisotopic (exact) mass is 387 g/mol. The molecule has 27 heavy (non-hydrogen) atoms. The second-order valence-electron chi connectivity index (χ2n) is 6.45. The topological polar surface area (TPSA) is 49.9 Å². The molecule has 2 N–H and O–H groups in total. The maximum atomic E-state index is 15.3. The number of halogens is 2. The van der Waals surface area contributed by atoms with Crippen LogP contribution in [0.2, 0.25) is 5.02 Å². The number of nitrogens with zero attached hydrogens (tertiary/aromatic N) is 1. The van der Waals surface area contributed by atoms with Gasteiger partial charge in [-0.05, 0) is 38.5 Å². The van der Waals surface area contributed by atoms with Crippen LogP contribution in [-0.2, 0) is 0 Å². The molecule has 0 spiro atoms. The van der Waals surface area contributed by atoms with E-state index in [1.807, 2.05) is 39.0 Å². The van der Waals surface area contributed by atoms with Gasteiger partial charge in [-0.1, -0.05) is 42.8 Å². The lowest BCUT2D eigenvalue weighted by Gasteiger charge is -2.24. The van der Waals surface area contributed by atoms with Crippen molar-refractivity contribution in [3.63, 3.8) is 0 Å². The fraction of sp³-hybridized carbons (Fsp3) is 0.286. The van der Waals surface area contributed by atoms with Gasteiger partial charge in [-0.15, -0.1) is 0 Å². The number of hydrogen-bond donors (Lipinski definition) is 2. The summed E-state index contributed by atoms with van der Waals surface area (Å²) < 4.78 is 21.0. The third-order valence-electron chi connectivity index (χ3n) is 4.58. The number of aromatic amines is 1. The second kappa shape index (κ2) is 8.55. The predicted octanol–water partition coefficient (Wildman–Crippen LogP) is 6.10. The van der Waals surface area contributed by atoms with Crippen LogP contribution in [0.1, 0.15) is 49.3 Å². The van der Waals surface area contributed by atoms with E-state index in [1.165, 1.54) is 0 Å². The molecular formula is C21H23ClFN3O. The molecular weight excluding hydrogens is 365 g/mol. The van der Waals surface area contributed by atoms with Gasteiger partial charge < -0.3 is 15.0 Å². The summed E-state index contributed by atoms with van der Waals surface area (Å²) in [5.74, 6) is 0.142. The van der Waals surface area contributed by atoms with Crippen LogP contribution >= 0.6 is 11.6 Å². The zero-order valence-electron chi connectivity index (χ0n) is 15.6. The number of ether oxygens (including phenoxy) is 1. The lowest BCUT2D eigenvalue weighted by atomic mass is 10.0. The average Bonchev–Trinajstić information content (AvgIpc) is 3.10. The number of aromatic nitrogens is 2. The van der Waals surface area contributed by atoms with Gasteiger partial charge in [0.05, 0.1) is 22.7 Å². The van der Waals surface area contributed by atoms with Crippen molar-refractivity contribution in [2.45, 2.75) is 39.3 Å². The van der Waals surface area contributed by atoms with E-state index < -0.39 is 5.82 Å². The molecule has 0 amide bonds. The lowest BCUT2D eigenvalue weighted by Crippen LogP contribution is -2.26. The van der Waals surface area contributed by atoms with Crippen molar-refractivity contribution in [2.24, 2.45) is 0 Å². The van der Waals surface area contributed by atoms with Gasteiger partial charge in [-0.3, -0.25) is 0 Å². The Bertz CT molecular complexity index is 898. The number of H-pyrrole nitrogens is 1. The molecule has 142 valence electrons. The number of benzene rings is 2. The molecule has 0 fully saturated rings. The Hall–Kier alpha value is -2.37. The summed E-state index contributed by atoms with van der Waals surface area (Å²) in [5, 5.41) is 3.71. The Morgan fingerprint density at radius 1 is 1.22 bits per heavy atom. The zero-order valence-corrected chi connectivity index (χ0v) is 16.3. The predicted molar refractivity (Wildman–Crippen MR) is 106 cm³/mol. The molecule has 4 nitrogen and oxygen atoms in total. The van der Waals surface area contributed by atoms with Crippen LogP contribution in [0.3, 0.4) is 0 Å². The van der Waals surface area contributed by atoms with Crippen LogP contribution in [0.15, 0.2) is 48.8 Å². The highest BCUT2D eigenvalue weighted by atomic mass is 35.5. The van der Waals surface area contributed by atoms with Gasteiger partial charge in [0, 0.05) is 17.6 Å². The standard InChI is InChI=1S/C21H23ClFN3O/c1-4-18(26-14(3)20-13(2)24-12-25-20)16-10-11-17(22)21(19(16)23)27-15-8-6-5-7-9-15/h5-12,14,18,26H,4H2,1-3H3,(H,24,25)/t14-,18+/m0/s1. The molecule has 0 aliphatic rings. The summed E-state index contributed by atoms with van der Waals surface area (Å²) in [7, 11) is 0. The first-order valence-corrected chi connectivity index (χ1v) is 9.35. The first-order valence-electron chi connectivity index (χ1n) is 8.98. The Labute approximate surface area is 163 Å². The minimum Gasteiger partial charge on any atom is -0.453 e. The normalized spacial score (nSPS) is 13.4. The van der Waals surface area contributed by atoms with Crippen molar-refractivity contribution in [1.29, 1.82) is 0 Å². The molecule has 1 aromatic heterocycles. The van der Waals surface area contributed by atoms with Crippen molar-refractivity contribution in [3.8, 4) is 11.5 Å². The highest BCUT2D eigenvalue weighted by molar-refractivity contribution is 6.32. The number of nitrogens with one attached hydrogen (secondary N) is 2. The fourth-order valence-corrected chi connectivity index (χ4v) is 3.32. The van der Waals surface area contributed by atoms with Crippen LogP contribution in [0, 0.1) is 12.7 Å². The third-order valence-corrected chi connectivity index (χ3v) is 4.88. The van der Waals surface area contributed by atoms with Crippen molar-refractivity contribution in [1.82, 2.24) is 15.3 Å². The van der Waals surface area contributed by atoms with Crippen LogP contribution in [0.25, 0.3) is 0 Å². The summed E-state index contributed by atoms with van der Waals surface area (Å²) in [6.45, 7) is 5.98. The number of imidazole rings is 1. The number of aryl methyl sites for hydroxylation is 1. The molecule has 2 aromatic carbocycles. The van der Waals surface area contributed by atoms with Gasteiger partial charge in [-0.2, -0.15) is 0 Å². The van der Waals surface area contributed by atoms with Gasteiger partial charge in [-0.25, -0.2) is 9.37 Å². The van der Waals surface area contributed by atoms with Crippen LogP contribution in [-0.4, -0.2) is 9.97 Å². The first kappa shape index (κ1) is 19.4. The van der Waals surface area contributed by atoms with E-state index in [0.29, 0.717) is 17.7 Å². The molecule has 3 aromatic rings. The first-order chi connectivity index (χ1) is 13.0. The maximum absolute atomic E-state index is 15.3. The highest BCUT2D eigenvalue weighted by Crippen LogP contribution is 2.37. The third kappa shape index (κ3) is 4.31. The Kier molecular flexibility index (Phi) is 6.14. The van der Waals surface area contributed by atoms with Crippen molar-refractivity contribution < 1.29 is 9.13 Å². The van der Waals surface area contributed by atoms with Crippen molar-refractivity contribution >= 4 is 11.6 Å². The van der Waals surface area contributed by atoms with E-state index >= 15 is 4.39 Å². The molecule has 0 aliphatic heterocycles. The van der Waals surface area contributed by atoms with Gasteiger partial charge in [0.2, 0.25) is 0 Å². The molecule has 0 radical (unpaired) electrons. The average molecular weight is 388 g/mol. The van der Waals surface area contributed by atoms with Gasteiger partial charge in [0.15, 0.2) is 11.6 Å². The largest absolute Gasteiger partial charge is 0.453 e. The summed E-state index contributed by atoms with van der Waals surface area (Å²) in [6.07, 6.45) is 2.37. The highest BCUT2D eigenvalue weighted by Gasteiger charge is 2.23. The second-order valence-corrected chi connectivity index (χ2v) is 6.85. The van der Waals surface area contributed by atoms with E-state index in [4.69, 9.17) is 16.3 Å². The summed E-state index contributed by atoms with van der Waals surface area (Å²) in [5.41, 5.74) is 2.44. The summed E-state index contributed by atoms with van der Waals surface area (Å²) in [4.78, 5) is 7.37. The van der Waals surface area contributed by atoms with E-state index in [9.17, 15) is 0 Å². The van der Waals surface area contributed by atoms with E-state index in [1.54, 1.807) is 30.6 Å². The minimum absolute atomic E-state index is 0.00832. The molecule has 2 atom stereocenters. The maximum Gasteiger partial charge on any atom is 0.181 e. The number of hydrogen-bond acceptors (Lipinski definition) is 3. The molecule has 1 heterocycles. The van der Waals surface area contributed by atoms with Crippen LogP contribution in [0.4, 0.5) is 4.39 Å². The number of para-hydroxylation sites is 1. The molecule has 0 saturated carbocycles. The van der Waals surface area contributed by atoms with Gasteiger partial charge in [0.1, 0.15) is 5.75 Å². The summed E-state index contributed by atoms with van der Waals surface area (Å²) in [6, 6.07) is 12.2. The minimum atomic E-state index is -0.445. The van der Waals surface area contributed by atoms with Crippen LogP contribution in [0.5, 0.6) is 11.5 Å². The zero-order chi connectivity index (χ0) is 19.4. The van der Waals surface area contributed by atoms with E-state index in [2.05, 4.69) is 15.3 Å². The molecule has 0 bridgehead atoms. The Morgan fingerprint density at radius 2 is 1.96 bits per heavy atom. The molecule has 3 rings (SSSR count). The Balaban J connectivity index is 1.88. The molecule has 6 heteroatoms. The smallest absolute Gasteiger partial charge is 0.181 e. The van der Waals surface area contributed by atoms with Crippen molar-refractivity contribution in [2.75, 3.05) is 0 Å². The van der Waals surface area contributed by atoms with E-state index in [-0.39, 0.29) is 22.9 Å². The number of rotatable bonds is 7. The van der Waals surface area contributed by atoms with Gasteiger partial charge in [0.25, 0.3) is 0 Å². The van der Waals surface area contributed by atoms with Crippen molar-refractivity contribution in [3.05, 3.63) is 76.6 Å². The quantitative estimate of drug-likeness (QED) is 0.514. The molecule has 0 unspecified atom stereocenters. The van der Waals surface area contributed by atoms with E-state index in [0.717, 1.165) is 11.4 Å².